The Balaban J connectivity index is 1.36. The van der Waals surface area contributed by atoms with Crippen LogP contribution in [0.2, 0.25) is 0 Å². The zero-order valence-electron chi connectivity index (χ0n) is 20.3. The fourth-order valence-electron chi connectivity index (χ4n) is 4.87. The average molecular weight is 522 g/mol. The number of nitrogens with zero attached hydrogens (tertiary/aromatic N) is 3. The lowest BCUT2D eigenvalue weighted by Crippen LogP contribution is -2.47. The Morgan fingerprint density at radius 2 is 1.49 bits per heavy atom. The molecule has 0 aliphatic carbocycles. The third kappa shape index (κ3) is 4.97. The minimum absolute atomic E-state index is 0.0134. The highest BCUT2D eigenvalue weighted by molar-refractivity contribution is 7.89. The molecule has 192 valence electrons. The molecule has 2 aliphatic rings. The smallest absolute Gasteiger partial charge is 0.265 e. The summed E-state index contributed by atoms with van der Waals surface area (Å²) in [5, 5.41) is 11.0. The van der Waals surface area contributed by atoms with Crippen LogP contribution < -0.4 is 4.90 Å². The van der Waals surface area contributed by atoms with E-state index in [1.54, 1.807) is 12.1 Å². The average Bonchev–Trinajstić information content (AvgIpc) is 2.93. The number of carbonyl (C=O) groups is 1. The first kappa shape index (κ1) is 25.0. The highest BCUT2D eigenvalue weighted by atomic mass is 32.2. The molecule has 0 saturated carbocycles. The highest BCUT2D eigenvalue weighted by Crippen LogP contribution is 2.35. The van der Waals surface area contributed by atoms with Gasteiger partial charge in [-0.15, -0.1) is 0 Å². The van der Waals surface area contributed by atoms with Crippen LogP contribution in [-0.2, 0) is 10.0 Å². The second-order valence-electron chi connectivity index (χ2n) is 9.12. The van der Waals surface area contributed by atoms with Crippen LogP contribution in [0.3, 0.4) is 0 Å². The van der Waals surface area contributed by atoms with Crippen molar-refractivity contribution in [2.45, 2.75) is 11.3 Å². The molecule has 3 aromatic carbocycles. The van der Waals surface area contributed by atoms with E-state index < -0.39 is 27.4 Å². The standard InChI is InChI=1S/C28H28FN3O4S/c29-22-13-11-21(12-14-22)27(33)26-28(34)24-9-4-5-10-25(24)37(35,36)32(26)16-6-15-30-17-19-31(20-18-30)23-7-2-1-3-8-23/h1-5,7-14,33H,6,15-20H2/b27-26+. The van der Waals surface area contributed by atoms with Gasteiger partial charge >= 0.3 is 0 Å². The molecule has 2 aliphatic heterocycles. The zero-order valence-corrected chi connectivity index (χ0v) is 21.1. The number of para-hydroxylation sites is 1. The Morgan fingerprint density at radius 1 is 0.838 bits per heavy atom. The lowest BCUT2D eigenvalue weighted by molar-refractivity contribution is 0.0997. The van der Waals surface area contributed by atoms with Gasteiger partial charge in [0.15, 0.2) is 5.76 Å². The lowest BCUT2D eigenvalue weighted by atomic mass is 10.0. The molecule has 0 bridgehead atoms. The van der Waals surface area contributed by atoms with Crippen molar-refractivity contribution in [1.29, 1.82) is 0 Å². The van der Waals surface area contributed by atoms with Crippen molar-refractivity contribution in [3.05, 3.63) is 102 Å². The number of ketones is 1. The molecule has 3 aromatic rings. The summed E-state index contributed by atoms with van der Waals surface area (Å²) in [7, 11) is -4.08. The van der Waals surface area contributed by atoms with Crippen LogP contribution >= 0.6 is 0 Å². The fourth-order valence-corrected chi connectivity index (χ4v) is 6.57. The Morgan fingerprint density at radius 3 is 2.19 bits per heavy atom. The van der Waals surface area contributed by atoms with Gasteiger partial charge in [0.1, 0.15) is 11.5 Å². The van der Waals surface area contributed by atoms with Crippen LogP contribution in [-0.4, -0.2) is 67.8 Å². The maximum absolute atomic E-state index is 13.6. The number of hydrogen-bond donors (Lipinski definition) is 1. The number of allylic oxidation sites excluding steroid dienone is 1. The molecular formula is C28H28FN3O4S. The van der Waals surface area contributed by atoms with Gasteiger partial charge in [-0.05, 0) is 55.0 Å². The van der Waals surface area contributed by atoms with Crippen molar-refractivity contribution in [3.8, 4) is 0 Å². The number of piperazine rings is 1. The van der Waals surface area contributed by atoms with E-state index >= 15 is 0 Å². The topological polar surface area (TPSA) is 81.2 Å². The van der Waals surface area contributed by atoms with Gasteiger partial charge < -0.3 is 10.0 Å². The van der Waals surface area contributed by atoms with Crippen molar-refractivity contribution in [3.63, 3.8) is 0 Å². The third-order valence-electron chi connectivity index (χ3n) is 6.84. The molecular weight excluding hydrogens is 493 g/mol. The SMILES string of the molecule is O=C1/C(=C(\O)c2ccc(F)cc2)N(CCCN2CCN(c3ccccc3)CC2)S(=O)(=O)c2ccccc21. The van der Waals surface area contributed by atoms with Gasteiger partial charge in [0.2, 0.25) is 5.78 Å². The van der Waals surface area contributed by atoms with Crippen LogP contribution in [0.15, 0.2) is 89.5 Å². The van der Waals surface area contributed by atoms with E-state index in [1.807, 2.05) is 18.2 Å². The summed E-state index contributed by atoms with van der Waals surface area (Å²) in [6.45, 7) is 4.10. The first-order chi connectivity index (χ1) is 17.9. The molecule has 0 spiro atoms. The Labute approximate surface area is 216 Å². The van der Waals surface area contributed by atoms with Gasteiger partial charge in [-0.1, -0.05) is 30.3 Å². The first-order valence-corrected chi connectivity index (χ1v) is 13.7. The first-order valence-electron chi connectivity index (χ1n) is 12.2. The number of aliphatic hydroxyl groups excluding tert-OH is 1. The fraction of sp³-hybridized carbons (Fsp3) is 0.250. The van der Waals surface area contributed by atoms with Crippen LogP contribution in [0.4, 0.5) is 10.1 Å². The number of aliphatic hydroxyl groups is 1. The molecule has 2 heterocycles. The monoisotopic (exact) mass is 521 g/mol. The second kappa shape index (κ2) is 10.4. The van der Waals surface area contributed by atoms with Crippen LogP contribution in [0, 0.1) is 5.82 Å². The van der Waals surface area contributed by atoms with Crippen LogP contribution in [0.5, 0.6) is 0 Å². The number of sulfonamides is 1. The molecule has 0 atom stereocenters. The number of Topliss-reactive ketones (excluding diaryl/α,β-unsaturated/α-hetero) is 1. The molecule has 0 amide bonds. The molecule has 1 N–H and O–H groups in total. The predicted octanol–water partition coefficient (Wildman–Crippen LogP) is 4.15. The normalized spacial score (nSPS) is 19.0. The number of anilines is 1. The van der Waals surface area contributed by atoms with Gasteiger partial charge in [-0.3, -0.25) is 14.0 Å². The zero-order chi connectivity index (χ0) is 26.0. The van der Waals surface area contributed by atoms with E-state index in [0.717, 1.165) is 42.6 Å². The number of benzene rings is 3. The van der Waals surface area contributed by atoms with Crippen molar-refractivity contribution in [2.24, 2.45) is 0 Å². The van der Waals surface area contributed by atoms with E-state index in [4.69, 9.17) is 0 Å². The van der Waals surface area contributed by atoms with E-state index in [2.05, 4.69) is 21.9 Å². The minimum atomic E-state index is -4.08. The van der Waals surface area contributed by atoms with Gasteiger partial charge in [0, 0.05) is 56.1 Å². The maximum Gasteiger partial charge on any atom is 0.265 e. The summed E-state index contributed by atoms with van der Waals surface area (Å²) in [4.78, 5) is 17.9. The highest BCUT2D eigenvalue weighted by Gasteiger charge is 2.41. The second-order valence-corrected chi connectivity index (χ2v) is 11.0. The minimum Gasteiger partial charge on any atom is -0.505 e. The van der Waals surface area contributed by atoms with Crippen LogP contribution in [0.25, 0.3) is 5.76 Å². The van der Waals surface area contributed by atoms with Gasteiger partial charge in [-0.25, -0.2) is 12.8 Å². The molecule has 37 heavy (non-hydrogen) atoms. The van der Waals surface area contributed by atoms with Gasteiger partial charge in [-0.2, -0.15) is 0 Å². The quantitative estimate of drug-likeness (QED) is 0.388. The molecule has 0 radical (unpaired) electrons. The van der Waals surface area contributed by atoms with Crippen LogP contribution in [0.1, 0.15) is 22.3 Å². The number of fused-ring (bicyclic) bond motifs is 1. The third-order valence-corrected chi connectivity index (χ3v) is 8.69. The number of hydrogen-bond acceptors (Lipinski definition) is 6. The Hall–Kier alpha value is -3.69. The van der Waals surface area contributed by atoms with Gasteiger partial charge in [0.05, 0.1) is 4.90 Å². The van der Waals surface area contributed by atoms with Crippen molar-refractivity contribution < 1.29 is 22.7 Å². The summed E-state index contributed by atoms with van der Waals surface area (Å²) in [5.74, 6) is -1.57. The van der Waals surface area contributed by atoms with Gasteiger partial charge in [0.25, 0.3) is 10.0 Å². The molecule has 5 rings (SSSR count). The maximum atomic E-state index is 13.6. The number of halogens is 1. The predicted molar refractivity (Wildman–Crippen MR) is 140 cm³/mol. The summed E-state index contributed by atoms with van der Waals surface area (Å²) in [6.07, 6.45) is 0.472. The van der Waals surface area contributed by atoms with E-state index in [0.29, 0.717) is 13.0 Å². The van der Waals surface area contributed by atoms with E-state index in [-0.39, 0.29) is 28.3 Å². The number of carbonyl (C=O) groups excluding carboxylic acids is 1. The van der Waals surface area contributed by atoms with Crippen molar-refractivity contribution in [1.82, 2.24) is 9.21 Å². The molecule has 7 nitrogen and oxygen atoms in total. The van der Waals surface area contributed by atoms with Crippen molar-refractivity contribution >= 4 is 27.3 Å². The summed E-state index contributed by atoms with van der Waals surface area (Å²) in [5.41, 5.74) is 1.06. The summed E-state index contributed by atoms with van der Waals surface area (Å²) in [6, 6.07) is 21.2. The molecule has 0 aromatic heterocycles. The lowest BCUT2D eigenvalue weighted by Gasteiger charge is -2.37. The van der Waals surface area contributed by atoms with E-state index in [9.17, 15) is 22.7 Å². The summed E-state index contributed by atoms with van der Waals surface area (Å²) < 4.78 is 41.6. The Bertz CT molecular complexity index is 1420. The summed E-state index contributed by atoms with van der Waals surface area (Å²) >= 11 is 0. The van der Waals surface area contributed by atoms with E-state index in [1.165, 1.54) is 30.0 Å². The number of rotatable bonds is 6. The molecule has 1 fully saturated rings. The molecule has 1 saturated heterocycles. The molecule has 9 heteroatoms. The molecule has 0 unspecified atom stereocenters. The van der Waals surface area contributed by atoms with Crippen molar-refractivity contribution in [2.75, 3.05) is 44.2 Å². The largest absolute Gasteiger partial charge is 0.505 e. The Kier molecular flexibility index (Phi) is 6.99.